The molecule has 0 aliphatic carbocycles. The van der Waals surface area contributed by atoms with Crippen molar-refractivity contribution in [3.8, 4) is 11.3 Å². The average molecular weight is 505 g/mol. The van der Waals surface area contributed by atoms with Crippen LogP contribution < -0.4 is 4.90 Å². The van der Waals surface area contributed by atoms with Crippen LogP contribution in [0.25, 0.3) is 37.8 Å². The highest BCUT2D eigenvalue weighted by Crippen LogP contribution is 2.36. The van der Waals surface area contributed by atoms with E-state index in [-0.39, 0.29) is 30.8 Å². The second-order valence-corrected chi connectivity index (χ2v) is 8.78. The van der Waals surface area contributed by atoms with Gasteiger partial charge in [0, 0.05) is 41.8 Å². The first-order chi connectivity index (χ1) is 17.4. The van der Waals surface area contributed by atoms with Gasteiger partial charge < -0.3 is 14.6 Å². The lowest BCUT2D eigenvalue weighted by Gasteiger charge is -2.39. The zero-order chi connectivity index (χ0) is 25.4. The van der Waals surface area contributed by atoms with Gasteiger partial charge >= 0.3 is 0 Å². The monoisotopic (exact) mass is 504 g/mol. The van der Waals surface area contributed by atoms with Crippen LogP contribution in [0, 0.1) is 12.4 Å². The van der Waals surface area contributed by atoms with Gasteiger partial charge in [0.1, 0.15) is 29.4 Å². The molecular weight excluding hydrogens is 486 g/mol. The molecule has 5 rings (SSSR count). The lowest BCUT2D eigenvalue weighted by Crippen LogP contribution is -2.56. The topological polar surface area (TPSA) is 66.6 Å². The molecule has 1 saturated heterocycles. The third kappa shape index (κ3) is 3.99. The molecule has 0 N–H and O–H groups in total. The van der Waals surface area contributed by atoms with Crippen molar-refractivity contribution in [2.24, 2.45) is 0 Å². The molecule has 1 aliphatic heterocycles. The first kappa shape index (κ1) is 23.6. The van der Waals surface area contributed by atoms with Crippen molar-refractivity contribution in [2.45, 2.75) is 6.04 Å². The van der Waals surface area contributed by atoms with E-state index in [1.807, 2.05) is 29.2 Å². The number of halogens is 3. The molecule has 1 fully saturated rings. The van der Waals surface area contributed by atoms with Crippen molar-refractivity contribution in [3.63, 3.8) is 0 Å². The first-order valence-electron chi connectivity index (χ1n) is 11.1. The number of carbonyl (C=O) groups is 1. The Balaban J connectivity index is 1.56. The molecule has 2 aromatic carbocycles. The Morgan fingerprint density at radius 1 is 1.19 bits per heavy atom. The van der Waals surface area contributed by atoms with E-state index in [1.54, 1.807) is 12.1 Å². The van der Waals surface area contributed by atoms with E-state index in [1.165, 1.54) is 17.4 Å². The highest BCUT2D eigenvalue weighted by Gasteiger charge is 2.35. The SMILES string of the molecule is [C-]#[N+]C[C@H]1CN(c2ncnc3c(F)c(-c4cccc5cccc(Cl)c45)ncc23)CCN1C(=O)C(=C)F. The van der Waals surface area contributed by atoms with Crippen LogP contribution in [0.4, 0.5) is 14.6 Å². The zero-order valence-electron chi connectivity index (χ0n) is 19.0. The molecule has 0 bridgehead atoms. The molecule has 0 radical (unpaired) electrons. The van der Waals surface area contributed by atoms with E-state index < -0.39 is 23.6 Å². The largest absolute Gasteiger partial charge is 0.352 e. The Kier molecular flexibility index (Phi) is 6.20. The van der Waals surface area contributed by atoms with Crippen LogP contribution >= 0.6 is 11.6 Å². The van der Waals surface area contributed by atoms with Crippen molar-refractivity contribution in [2.75, 3.05) is 31.1 Å². The van der Waals surface area contributed by atoms with E-state index >= 15 is 4.39 Å². The normalized spacial score (nSPS) is 15.8. The number of piperazine rings is 1. The van der Waals surface area contributed by atoms with Gasteiger partial charge in [0.05, 0.1) is 5.39 Å². The van der Waals surface area contributed by atoms with E-state index in [2.05, 4.69) is 26.4 Å². The van der Waals surface area contributed by atoms with Gasteiger partial charge in [-0.1, -0.05) is 48.5 Å². The molecule has 1 atom stereocenters. The first-order valence-corrected chi connectivity index (χ1v) is 11.5. The highest BCUT2D eigenvalue weighted by molar-refractivity contribution is 6.36. The van der Waals surface area contributed by atoms with Gasteiger partial charge in [-0.25, -0.2) is 25.3 Å². The fraction of sp³-hybridized carbons (Fsp3) is 0.192. The minimum absolute atomic E-state index is 0.0167. The Morgan fingerprint density at radius 2 is 1.97 bits per heavy atom. The summed E-state index contributed by atoms with van der Waals surface area (Å²) in [5.41, 5.74) is 0.758. The number of aromatic nitrogens is 3. The highest BCUT2D eigenvalue weighted by atomic mass is 35.5. The van der Waals surface area contributed by atoms with Crippen molar-refractivity contribution < 1.29 is 13.6 Å². The maximum atomic E-state index is 15.9. The lowest BCUT2D eigenvalue weighted by molar-refractivity contribution is -0.131. The van der Waals surface area contributed by atoms with Crippen molar-refractivity contribution in [3.05, 3.63) is 83.6 Å². The maximum absolute atomic E-state index is 15.9. The fourth-order valence-electron chi connectivity index (χ4n) is 4.64. The predicted molar refractivity (Wildman–Crippen MR) is 135 cm³/mol. The summed E-state index contributed by atoms with van der Waals surface area (Å²) in [4.78, 5) is 31.7. The van der Waals surface area contributed by atoms with E-state index in [4.69, 9.17) is 18.2 Å². The van der Waals surface area contributed by atoms with Gasteiger partial charge in [-0.3, -0.25) is 9.78 Å². The summed E-state index contributed by atoms with van der Waals surface area (Å²) in [5.74, 6) is -2.08. The van der Waals surface area contributed by atoms with Crippen LogP contribution in [-0.4, -0.2) is 58.0 Å². The minimum atomic E-state index is -1.07. The Bertz CT molecular complexity index is 1560. The van der Waals surface area contributed by atoms with Gasteiger partial charge in [-0.05, 0) is 11.5 Å². The molecule has 0 saturated carbocycles. The molecular formula is C26H19ClF2N6O. The maximum Gasteiger partial charge on any atom is 0.282 e. The summed E-state index contributed by atoms with van der Waals surface area (Å²) in [7, 11) is 0. The molecule has 1 amide bonds. The van der Waals surface area contributed by atoms with Crippen LogP contribution in [0.3, 0.4) is 0 Å². The molecule has 10 heteroatoms. The van der Waals surface area contributed by atoms with Crippen LogP contribution in [0.1, 0.15) is 0 Å². The third-order valence-corrected chi connectivity index (χ3v) is 6.60. The summed E-state index contributed by atoms with van der Waals surface area (Å²) < 4.78 is 29.4. The van der Waals surface area contributed by atoms with E-state index in [0.717, 1.165) is 5.39 Å². The summed E-state index contributed by atoms with van der Waals surface area (Å²) >= 11 is 6.44. The molecule has 2 aromatic heterocycles. The number of pyridine rings is 1. The zero-order valence-corrected chi connectivity index (χ0v) is 19.7. The van der Waals surface area contributed by atoms with Gasteiger partial charge in [0.2, 0.25) is 6.54 Å². The molecule has 4 aromatic rings. The number of rotatable bonds is 4. The molecule has 7 nitrogen and oxygen atoms in total. The number of carbonyl (C=O) groups excluding carboxylic acids is 1. The van der Waals surface area contributed by atoms with Gasteiger partial charge in [0.15, 0.2) is 11.6 Å². The van der Waals surface area contributed by atoms with Crippen LogP contribution in [0.2, 0.25) is 5.02 Å². The van der Waals surface area contributed by atoms with E-state index in [0.29, 0.717) is 33.7 Å². The van der Waals surface area contributed by atoms with E-state index in [9.17, 15) is 9.18 Å². The molecule has 0 spiro atoms. The lowest BCUT2D eigenvalue weighted by atomic mass is 10.0. The number of fused-ring (bicyclic) bond motifs is 2. The second-order valence-electron chi connectivity index (χ2n) is 8.37. The van der Waals surface area contributed by atoms with Crippen molar-refractivity contribution in [1.29, 1.82) is 0 Å². The summed E-state index contributed by atoms with van der Waals surface area (Å²) in [6.45, 7) is 11.0. The summed E-state index contributed by atoms with van der Waals surface area (Å²) in [6, 6.07) is 10.4. The Hall–Kier alpha value is -4.16. The Labute approximate surface area is 210 Å². The van der Waals surface area contributed by atoms with Crippen molar-refractivity contribution in [1.82, 2.24) is 19.9 Å². The minimum Gasteiger partial charge on any atom is -0.352 e. The van der Waals surface area contributed by atoms with Gasteiger partial charge in [-0.15, -0.1) is 0 Å². The molecule has 3 heterocycles. The number of benzene rings is 2. The second kappa shape index (κ2) is 9.47. The number of hydrogen-bond donors (Lipinski definition) is 0. The van der Waals surface area contributed by atoms with Crippen LogP contribution in [0.15, 0.2) is 61.3 Å². The summed E-state index contributed by atoms with van der Waals surface area (Å²) in [6.07, 6.45) is 2.79. The standard InChI is InChI=1S/C26H19ClF2N6O/c1-15(28)26(36)35-10-9-34(13-17(35)11-30-2)25-19-12-31-23(22(29)24(19)32-14-33-25)18-7-3-5-16-6-4-8-20(27)21(16)18/h3-8,12,14,17H,1,9-11,13H2/t17-/m0/s1. The fourth-order valence-corrected chi connectivity index (χ4v) is 4.93. The van der Waals surface area contributed by atoms with Crippen LogP contribution in [0.5, 0.6) is 0 Å². The number of anilines is 1. The predicted octanol–water partition coefficient (Wildman–Crippen LogP) is 5.06. The molecule has 180 valence electrons. The molecule has 0 unspecified atom stereocenters. The number of nitrogens with zero attached hydrogens (tertiary/aromatic N) is 6. The number of amides is 1. The van der Waals surface area contributed by atoms with Gasteiger partial charge in [-0.2, -0.15) is 0 Å². The molecule has 36 heavy (non-hydrogen) atoms. The van der Waals surface area contributed by atoms with Crippen LogP contribution in [-0.2, 0) is 4.79 Å². The smallest absolute Gasteiger partial charge is 0.282 e. The van der Waals surface area contributed by atoms with Gasteiger partial charge in [0.25, 0.3) is 5.91 Å². The van der Waals surface area contributed by atoms with Crippen molar-refractivity contribution >= 4 is 45.0 Å². The summed E-state index contributed by atoms with van der Waals surface area (Å²) in [5, 5.41) is 2.43. The number of hydrogen-bond acceptors (Lipinski definition) is 5. The quantitative estimate of drug-likeness (QED) is 0.287. The Morgan fingerprint density at radius 3 is 2.72 bits per heavy atom. The molecule has 1 aliphatic rings. The average Bonchev–Trinajstić information content (AvgIpc) is 2.88. The third-order valence-electron chi connectivity index (χ3n) is 6.29.